The van der Waals surface area contributed by atoms with E-state index >= 15 is 0 Å². The number of rotatable bonds is 8. The average molecular weight is 517 g/mol. The molecule has 1 N–H and O–H groups in total. The highest BCUT2D eigenvalue weighted by molar-refractivity contribution is 5.92. The molecule has 1 amide bonds. The number of piperazine rings is 1. The fourth-order valence-corrected chi connectivity index (χ4v) is 5.60. The molecule has 2 aromatic rings. The monoisotopic (exact) mass is 516 g/mol. The second-order valence-electron chi connectivity index (χ2n) is 10.7. The van der Waals surface area contributed by atoms with Gasteiger partial charge in [-0.15, -0.1) is 5.10 Å². The number of aromatic nitrogens is 4. The van der Waals surface area contributed by atoms with Gasteiger partial charge in [0.15, 0.2) is 5.82 Å². The highest BCUT2D eigenvalue weighted by atomic mass is 16.1. The summed E-state index contributed by atoms with van der Waals surface area (Å²) in [6, 6.07) is 0.219. The molecule has 202 valence electrons. The molecule has 3 aliphatic rings. The van der Waals surface area contributed by atoms with Crippen LogP contribution in [0.15, 0.2) is 36.2 Å². The highest BCUT2D eigenvalue weighted by Gasteiger charge is 2.28. The highest BCUT2D eigenvalue weighted by Crippen LogP contribution is 2.27. The Hall–Kier alpha value is -3.33. The van der Waals surface area contributed by atoms with Gasteiger partial charge in [-0.25, -0.2) is 9.97 Å². The van der Waals surface area contributed by atoms with Gasteiger partial charge < -0.3 is 20.0 Å². The largest absolute Gasteiger partial charge is 0.351 e. The molecular formula is C29H40N8O. The van der Waals surface area contributed by atoms with E-state index in [2.05, 4.69) is 79.2 Å². The van der Waals surface area contributed by atoms with Crippen LogP contribution < -0.4 is 15.1 Å². The zero-order valence-electron chi connectivity index (χ0n) is 23.0. The fourth-order valence-electron chi connectivity index (χ4n) is 5.60. The van der Waals surface area contributed by atoms with Gasteiger partial charge in [0.2, 0.25) is 0 Å². The molecule has 38 heavy (non-hydrogen) atoms. The first kappa shape index (κ1) is 26.3. The summed E-state index contributed by atoms with van der Waals surface area (Å²) in [5, 5.41) is 12.3. The number of carbonyl (C=O) groups is 1. The van der Waals surface area contributed by atoms with E-state index in [1.165, 1.54) is 29.5 Å². The van der Waals surface area contributed by atoms with Gasteiger partial charge in [0.05, 0.1) is 18.1 Å². The lowest BCUT2D eigenvalue weighted by Crippen LogP contribution is -2.53. The van der Waals surface area contributed by atoms with E-state index in [-0.39, 0.29) is 11.9 Å². The minimum absolute atomic E-state index is 0.162. The van der Waals surface area contributed by atoms with E-state index in [1.807, 2.05) is 0 Å². The normalized spacial score (nSPS) is 20.1. The van der Waals surface area contributed by atoms with Crippen molar-refractivity contribution in [2.24, 2.45) is 0 Å². The van der Waals surface area contributed by atoms with Gasteiger partial charge in [-0.05, 0) is 76.2 Å². The zero-order valence-corrected chi connectivity index (χ0v) is 23.0. The molecule has 2 saturated heterocycles. The number of likely N-dealkylation sites (tertiary alicyclic amines) is 1. The quantitative estimate of drug-likeness (QED) is 0.572. The van der Waals surface area contributed by atoms with E-state index in [0.717, 1.165) is 75.9 Å². The van der Waals surface area contributed by atoms with Crippen LogP contribution in [0.25, 0.3) is 0 Å². The maximum absolute atomic E-state index is 12.5. The van der Waals surface area contributed by atoms with Gasteiger partial charge in [-0.3, -0.25) is 4.79 Å². The molecule has 0 spiro atoms. The molecule has 0 unspecified atom stereocenters. The Morgan fingerprint density at radius 2 is 1.87 bits per heavy atom. The lowest BCUT2D eigenvalue weighted by molar-refractivity contribution is 0.0944. The summed E-state index contributed by atoms with van der Waals surface area (Å²) in [5.74, 6) is 1.61. The van der Waals surface area contributed by atoms with Crippen molar-refractivity contribution in [3.8, 4) is 0 Å². The van der Waals surface area contributed by atoms with Crippen LogP contribution in [0.1, 0.15) is 59.9 Å². The molecule has 1 aliphatic carbocycles. The fraction of sp³-hybridized carbons (Fsp3) is 0.552. The lowest BCUT2D eigenvalue weighted by atomic mass is 9.99. The third-order valence-electron chi connectivity index (χ3n) is 8.04. The predicted octanol–water partition coefficient (Wildman–Crippen LogP) is 3.24. The first-order valence-corrected chi connectivity index (χ1v) is 14.0. The Labute approximate surface area is 226 Å². The Kier molecular flexibility index (Phi) is 8.32. The van der Waals surface area contributed by atoms with Crippen LogP contribution in [-0.2, 0) is 6.42 Å². The van der Waals surface area contributed by atoms with E-state index < -0.39 is 0 Å². The van der Waals surface area contributed by atoms with Crippen LogP contribution in [0.4, 0.5) is 11.6 Å². The Morgan fingerprint density at radius 1 is 1.03 bits per heavy atom. The van der Waals surface area contributed by atoms with Gasteiger partial charge >= 0.3 is 0 Å². The second kappa shape index (κ2) is 12.0. The van der Waals surface area contributed by atoms with Crippen molar-refractivity contribution in [2.75, 3.05) is 55.6 Å². The van der Waals surface area contributed by atoms with Crippen LogP contribution in [0.2, 0.25) is 0 Å². The third-order valence-corrected chi connectivity index (χ3v) is 8.04. The van der Waals surface area contributed by atoms with E-state index in [1.54, 1.807) is 12.4 Å². The number of amides is 1. The molecule has 2 aromatic heterocycles. The predicted molar refractivity (Wildman–Crippen MR) is 151 cm³/mol. The molecule has 1 atom stereocenters. The van der Waals surface area contributed by atoms with Crippen LogP contribution >= 0.6 is 0 Å². The molecule has 9 nitrogen and oxygen atoms in total. The summed E-state index contributed by atoms with van der Waals surface area (Å²) in [4.78, 5) is 28.5. The van der Waals surface area contributed by atoms with Gasteiger partial charge in [0.25, 0.3) is 5.91 Å². The number of nitrogens with one attached hydrogen (secondary N) is 1. The summed E-state index contributed by atoms with van der Waals surface area (Å²) >= 11 is 0. The van der Waals surface area contributed by atoms with Crippen molar-refractivity contribution < 1.29 is 4.79 Å². The number of carbonyl (C=O) groups excluding carboxylic acids is 1. The van der Waals surface area contributed by atoms with Crippen molar-refractivity contribution in [2.45, 2.75) is 58.9 Å². The maximum Gasteiger partial charge on any atom is 0.271 e. The molecular weight excluding hydrogens is 476 g/mol. The van der Waals surface area contributed by atoms with E-state index in [9.17, 15) is 4.79 Å². The standard InChI is InChI=1S/C29H40N8O/c1-21-20-36(28-23(3)22(2)25(33-34-28)17-24-9-5-4-6-10-24)15-16-37(21)27-19-31-26(18-32-27)29(38)30-11-14-35-12-7-8-13-35/h5,9-10,18-19,21H,4,6-8,11-17,20H2,1-3H3,(H,30,38)/t21-/m1/s1. The lowest BCUT2D eigenvalue weighted by Gasteiger charge is -2.41. The molecule has 9 heteroatoms. The van der Waals surface area contributed by atoms with E-state index in [4.69, 9.17) is 0 Å². The Morgan fingerprint density at radius 3 is 2.58 bits per heavy atom. The molecule has 0 aromatic carbocycles. The smallest absolute Gasteiger partial charge is 0.271 e. The van der Waals surface area contributed by atoms with Gasteiger partial charge in [0, 0.05) is 45.2 Å². The number of hydrogen-bond acceptors (Lipinski definition) is 8. The molecule has 0 radical (unpaired) electrons. The van der Waals surface area contributed by atoms with Crippen LogP contribution in [0, 0.1) is 13.8 Å². The van der Waals surface area contributed by atoms with Gasteiger partial charge in [-0.1, -0.05) is 18.2 Å². The number of nitrogens with zero attached hydrogens (tertiary/aromatic N) is 7. The van der Waals surface area contributed by atoms with Crippen molar-refractivity contribution in [3.05, 3.63) is 58.7 Å². The molecule has 5 rings (SSSR count). The second-order valence-corrected chi connectivity index (χ2v) is 10.7. The minimum Gasteiger partial charge on any atom is -0.351 e. The third kappa shape index (κ3) is 6.04. The molecule has 0 saturated carbocycles. The topological polar surface area (TPSA) is 90.4 Å². The number of allylic oxidation sites excluding steroid dienone is 4. The van der Waals surface area contributed by atoms with Crippen molar-refractivity contribution in [1.29, 1.82) is 0 Å². The summed E-state index contributed by atoms with van der Waals surface area (Å²) < 4.78 is 0. The molecule has 2 aliphatic heterocycles. The van der Waals surface area contributed by atoms with Crippen LogP contribution in [0.5, 0.6) is 0 Å². The van der Waals surface area contributed by atoms with Crippen LogP contribution in [0.3, 0.4) is 0 Å². The summed E-state index contributed by atoms with van der Waals surface area (Å²) in [6.07, 6.45) is 15.7. The summed E-state index contributed by atoms with van der Waals surface area (Å²) in [7, 11) is 0. The number of hydrogen-bond donors (Lipinski definition) is 1. The Balaban J connectivity index is 1.17. The Bertz CT molecular complexity index is 1190. The van der Waals surface area contributed by atoms with Gasteiger partial charge in [0.1, 0.15) is 11.5 Å². The summed E-state index contributed by atoms with van der Waals surface area (Å²) in [6.45, 7) is 12.7. The molecule has 4 heterocycles. The average Bonchev–Trinajstić information content (AvgIpc) is 3.46. The van der Waals surface area contributed by atoms with E-state index in [0.29, 0.717) is 12.2 Å². The number of anilines is 2. The van der Waals surface area contributed by atoms with Crippen molar-refractivity contribution >= 4 is 17.5 Å². The molecule has 0 bridgehead atoms. The summed E-state index contributed by atoms with van der Waals surface area (Å²) in [5.41, 5.74) is 5.18. The van der Waals surface area contributed by atoms with Gasteiger partial charge in [-0.2, -0.15) is 5.10 Å². The SMILES string of the molecule is Cc1c(CC2=CCCC=C2)nnc(N2CCN(c3cnc(C(=O)NCCN4CCCC4)cn3)[C@H](C)C2)c1C. The van der Waals surface area contributed by atoms with Crippen molar-refractivity contribution in [1.82, 2.24) is 30.4 Å². The molecule has 2 fully saturated rings. The van der Waals surface area contributed by atoms with Crippen LogP contribution in [-0.4, -0.2) is 82.8 Å². The first-order valence-electron chi connectivity index (χ1n) is 14.0. The zero-order chi connectivity index (χ0) is 26.5. The first-order chi connectivity index (χ1) is 18.5. The minimum atomic E-state index is -0.162. The van der Waals surface area contributed by atoms with Crippen molar-refractivity contribution in [3.63, 3.8) is 0 Å². The maximum atomic E-state index is 12.5.